The number of halogens is 1. The lowest BCUT2D eigenvalue weighted by molar-refractivity contribution is 0.0691. The predicted octanol–water partition coefficient (Wildman–Crippen LogP) is 2.46. The number of benzene rings is 1. The first kappa shape index (κ1) is 12.6. The Morgan fingerprint density at radius 3 is 2.94 bits per heavy atom. The Morgan fingerprint density at radius 2 is 2.33 bits per heavy atom. The summed E-state index contributed by atoms with van der Waals surface area (Å²) in [4.78, 5) is 11.1. The van der Waals surface area contributed by atoms with E-state index in [1.807, 2.05) is 13.2 Å². The Morgan fingerprint density at radius 1 is 1.56 bits per heavy atom. The summed E-state index contributed by atoms with van der Waals surface area (Å²) in [5.41, 5.74) is 1.02. The fraction of sp³-hybridized carbons (Fsp3) is 0.167. The van der Waals surface area contributed by atoms with Gasteiger partial charge in [-0.3, -0.25) is 4.68 Å². The van der Waals surface area contributed by atoms with Gasteiger partial charge in [-0.05, 0) is 18.2 Å². The highest BCUT2D eigenvalue weighted by Crippen LogP contribution is 2.24. The van der Waals surface area contributed by atoms with Gasteiger partial charge < -0.3 is 9.84 Å². The van der Waals surface area contributed by atoms with Crippen LogP contribution < -0.4 is 4.74 Å². The van der Waals surface area contributed by atoms with Crippen molar-refractivity contribution in [1.29, 1.82) is 0 Å². The monoisotopic (exact) mass is 310 g/mol. The van der Waals surface area contributed by atoms with Crippen LogP contribution >= 0.6 is 15.9 Å². The molecule has 1 N–H and O–H groups in total. The molecule has 1 aromatic carbocycles. The Balaban J connectivity index is 2.16. The molecule has 1 aromatic heterocycles. The summed E-state index contributed by atoms with van der Waals surface area (Å²) >= 11 is 3.23. The number of hydrogen-bond acceptors (Lipinski definition) is 3. The van der Waals surface area contributed by atoms with Crippen molar-refractivity contribution in [2.45, 2.75) is 6.61 Å². The highest BCUT2D eigenvalue weighted by molar-refractivity contribution is 9.10. The minimum Gasteiger partial charge on any atom is -0.488 e. The number of carbonyl (C=O) groups is 1. The fourth-order valence-corrected chi connectivity index (χ4v) is 1.86. The molecule has 2 rings (SSSR count). The smallest absolute Gasteiger partial charge is 0.339 e. The molecule has 0 aliphatic carbocycles. The zero-order chi connectivity index (χ0) is 13.1. The van der Waals surface area contributed by atoms with Crippen molar-refractivity contribution in [3.8, 4) is 5.75 Å². The molecular formula is C12H11BrN2O3. The molecule has 0 atom stereocenters. The quantitative estimate of drug-likeness (QED) is 0.942. The summed E-state index contributed by atoms with van der Waals surface area (Å²) in [5.74, 6) is -0.674. The van der Waals surface area contributed by atoms with Gasteiger partial charge >= 0.3 is 5.97 Å². The predicted molar refractivity (Wildman–Crippen MR) is 68.6 cm³/mol. The van der Waals surface area contributed by atoms with E-state index in [-0.39, 0.29) is 12.2 Å². The van der Waals surface area contributed by atoms with Gasteiger partial charge in [-0.25, -0.2) is 4.79 Å². The zero-order valence-electron chi connectivity index (χ0n) is 9.63. The Labute approximate surface area is 112 Å². The first-order valence-corrected chi connectivity index (χ1v) is 5.99. The number of aromatic nitrogens is 2. The summed E-state index contributed by atoms with van der Waals surface area (Å²) < 4.78 is 7.87. The minimum atomic E-state index is -1.02. The molecule has 6 heteroatoms. The fourth-order valence-electron chi connectivity index (χ4n) is 1.50. The van der Waals surface area contributed by atoms with E-state index >= 15 is 0 Å². The highest BCUT2D eigenvalue weighted by Gasteiger charge is 2.12. The van der Waals surface area contributed by atoms with E-state index in [0.717, 1.165) is 5.56 Å². The van der Waals surface area contributed by atoms with Crippen LogP contribution in [0.3, 0.4) is 0 Å². The molecule has 0 aliphatic rings. The van der Waals surface area contributed by atoms with Gasteiger partial charge in [0.2, 0.25) is 0 Å². The molecule has 0 saturated carbocycles. The number of hydrogen-bond donors (Lipinski definition) is 1. The van der Waals surface area contributed by atoms with Crippen LogP contribution in [-0.2, 0) is 13.7 Å². The molecule has 0 aliphatic heterocycles. The molecule has 0 saturated heterocycles. The minimum absolute atomic E-state index is 0.133. The third kappa shape index (κ3) is 2.89. The third-order valence-corrected chi connectivity index (χ3v) is 2.82. The van der Waals surface area contributed by atoms with Crippen LogP contribution in [0.15, 0.2) is 35.1 Å². The number of ether oxygens (including phenoxy) is 1. The van der Waals surface area contributed by atoms with Crippen LogP contribution in [0.1, 0.15) is 15.9 Å². The number of carboxylic acid groups (broad SMARTS) is 1. The highest BCUT2D eigenvalue weighted by atomic mass is 79.9. The SMILES string of the molecule is Cn1cc(COc2ccc(Br)cc2C(=O)O)cn1. The van der Waals surface area contributed by atoms with Gasteiger partial charge in [0.1, 0.15) is 17.9 Å². The van der Waals surface area contributed by atoms with E-state index in [0.29, 0.717) is 10.2 Å². The van der Waals surface area contributed by atoms with E-state index in [4.69, 9.17) is 9.84 Å². The first-order chi connectivity index (χ1) is 8.56. The Bertz CT molecular complexity index is 580. The molecule has 94 valence electrons. The normalized spacial score (nSPS) is 10.3. The molecule has 0 unspecified atom stereocenters. The second-order valence-electron chi connectivity index (χ2n) is 3.76. The first-order valence-electron chi connectivity index (χ1n) is 5.19. The van der Waals surface area contributed by atoms with Crippen LogP contribution in [-0.4, -0.2) is 20.9 Å². The summed E-state index contributed by atoms with van der Waals surface area (Å²) in [6.07, 6.45) is 3.50. The maximum Gasteiger partial charge on any atom is 0.339 e. The van der Waals surface area contributed by atoms with E-state index in [2.05, 4.69) is 21.0 Å². The van der Waals surface area contributed by atoms with Gasteiger partial charge in [0.05, 0.1) is 6.20 Å². The molecule has 0 bridgehead atoms. The number of nitrogens with zero attached hydrogens (tertiary/aromatic N) is 2. The number of aromatic carboxylic acids is 1. The molecule has 18 heavy (non-hydrogen) atoms. The Kier molecular flexibility index (Phi) is 3.66. The molecule has 2 aromatic rings. The van der Waals surface area contributed by atoms with Crippen LogP contribution in [0.25, 0.3) is 0 Å². The average molecular weight is 311 g/mol. The van der Waals surface area contributed by atoms with E-state index in [1.165, 1.54) is 6.07 Å². The van der Waals surface area contributed by atoms with Crippen molar-refractivity contribution < 1.29 is 14.6 Å². The van der Waals surface area contributed by atoms with Crippen molar-refractivity contribution in [3.05, 3.63) is 46.2 Å². The van der Waals surface area contributed by atoms with Crippen LogP contribution in [0, 0.1) is 0 Å². The number of rotatable bonds is 4. The Hall–Kier alpha value is -1.82. The molecular weight excluding hydrogens is 300 g/mol. The van der Waals surface area contributed by atoms with Crippen molar-refractivity contribution >= 4 is 21.9 Å². The maximum absolute atomic E-state index is 11.1. The zero-order valence-corrected chi connectivity index (χ0v) is 11.2. The summed E-state index contributed by atoms with van der Waals surface area (Å²) in [6.45, 7) is 0.287. The van der Waals surface area contributed by atoms with Crippen molar-refractivity contribution in [3.63, 3.8) is 0 Å². The lowest BCUT2D eigenvalue weighted by atomic mass is 10.2. The van der Waals surface area contributed by atoms with E-state index in [1.54, 1.807) is 23.0 Å². The molecule has 0 spiro atoms. The van der Waals surface area contributed by atoms with Crippen molar-refractivity contribution in [2.75, 3.05) is 0 Å². The molecule has 1 heterocycles. The lowest BCUT2D eigenvalue weighted by Crippen LogP contribution is -2.03. The average Bonchev–Trinajstić information content (AvgIpc) is 2.73. The van der Waals surface area contributed by atoms with Crippen LogP contribution in [0.4, 0.5) is 0 Å². The second kappa shape index (κ2) is 5.22. The largest absolute Gasteiger partial charge is 0.488 e. The van der Waals surface area contributed by atoms with Gasteiger partial charge in [-0.2, -0.15) is 5.10 Å². The van der Waals surface area contributed by atoms with Gasteiger partial charge in [-0.15, -0.1) is 0 Å². The standard InChI is InChI=1S/C12H11BrN2O3/c1-15-6-8(5-14-15)7-18-11-3-2-9(13)4-10(11)12(16)17/h2-6H,7H2,1H3,(H,16,17). The number of aryl methyl sites for hydroxylation is 1. The van der Waals surface area contributed by atoms with Gasteiger partial charge in [0.25, 0.3) is 0 Å². The summed E-state index contributed by atoms with van der Waals surface area (Å²) in [6, 6.07) is 4.88. The third-order valence-electron chi connectivity index (χ3n) is 2.32. The molecule has 0 amide bonds. The van der Waals surface area contributed by atoms with Crippen LogP contribution in [0.5, 0.6) is 5.75 Å². The maximum atomic E-state index is 11.1. The van der Waals surface area contributed by atoms with E-state index < -0.39 is 5.97 Å². The molecule has 0 fully saturated rings. The summed E-state index contributed by atoms with van der Waals surface area (Å²) in [5, 5.41) is 13.1. The van der Waals surface area contributed by atoms with Crippen molar-refractivity contribution in [1.82, 2.24) is 9.78 Å². The topological polar surface area (TPSA) is 64.3 Å². The van der Waals surface area contributed by atoms with E-state index in [9.17, 15) is 4.79 Å². The van der Waals surface area contributed by atoms with Crippen LogP contribution in [0.2, 0.25) is 0 Å². The molecule has 5 nitrogen and oxygen atoms in total. The second-order valence-corrected chi connectivity index (χ2v) is 4.67. The lowest BCUT2D eigenvalue weighted by Gasteiger charge is -2.08. The number of carboxylic acids is 1. The van der Waals surface area contributed by atoms with Gasteiger partial charge in [-0.1, -0.05) is 15.9 Å². The van der Waals surface area contributed by atoms with Gasteiger partial charge in [0.15, 0.2) is 0 Å². The van der Waals surface area contributed by atoms with Crippen molar-refractivity contribution in [2.24, 2.45) is 7.05 Å². The summed E-state index contributed by atoms with van der Waals surface area (Å²) in [7, 11) is 1.81. The molecule has 0 radical (unpaired) electrons. The van der Waals surface area contributed by atoms with Gasteiger partial charge in [0, 0.05) is 23.3 Å².